The van der Waals surface area contributed by atoms with E-state index in [2.05, 4.69) is 21.2 Å². The van der Waals surface area contributed by atoms with Gasteiger partial charge in [0, 0.05) is 30.7 Å². The summed E-state index contributed by atoms with van der Waals surface area (Å²) in [5, 5.41) is 3.59. The highest BCUT2D eigenvalue weighted by Gasteiger charge is 2.37. The SMILES string of the molecule is O=C1NC(=O)N(c2ccc(OCc3ccc(Cl)cc3Cl)cc2)C(=O)/C1=C/c1cc(Cl)ccc1OCc1ccc(Br)cc1. The lowest BCUT2D eigenvalue weighted by Crippen LogP contribution is -2.54. The predicted octanol–water partition coefficient (Wildman–Crippen LogP) is 8.23. The van der Waals surface area contributed by atoms with Crippen LogP contribution in [0.15, 0.2) is 95.0 Å². The topological polar surface area (TPSA) is 84.9 Å². The summed E-state index contributed by atoms with van der Waals surface area (Å²) in [6.07, 6.45) is 1.35. The van der Waals surface area contributed by atoms with E-state index in [1.54, 1.807) is 48.5 Å². The number of rotatable bonds is 8. The van der Waals surface area contributed by atoms with E-state index in [-0.39, 0.29) is 24.5 Å². The van der Waals surface area contributed by atoms with Crippen LogP contribution in [-0.2, 0) is 22.8 Å². The van der Waals surface area contributed by atoms with Crippen molar-refractivity contribution in [3.05, 3.63) is 127 Å². The molecule has 1 aliphatic rings. The molecule has 11 heteroatoms. The van der Waals surface area contributed by atoms with Crippen LogP contribution in [0.5, 0.6) is 11.5 Å². The smallest absolute Gasteiger partial charge is 0.335 e. The van der Waals surface area contributed by atoms with Gasteiger partial charge in [0.1, 0.15) is 30.3 Å². The molecule has 7 nitrogen and oxygen atoms in total. The fourth-order valence-electron chi connectivity index (χ4n) is 4.04. The molecule has 4 aromatic rings. The van der Waals surface area contributed by atoms with E-state index in [1.807, 2.05) is 24.3 Å². The zero-order valence-corrected chi connectivity index (χ0v) is 25.4. The quantitative estimate of drug-likeness (QED) is 0.149. The van der Waals surface area contributed by atoms with E-state index < -0.39 is 17.8 Å². The Balaban J connectivity index is 1.35. The zero-order chi connectivity index (χ0) is 29.8. The normalized spacial score (nSPS) is 14.2. The molecule has 1 saturated heterocycles. The summed E-state index contributed by atoms with van der Waals surface area (Å²) in [6.45, 7) is 0.431. The van der Waals surface area contributed by atoms with Crippen LogP contribution in [0.4, 0.5) is 10.5 Å². The lowest BCUT2D eigenvalue weighted by atomic mass is 10.1. The second-order valence-corrected chi connectivity index (χ2v) is 11.3. The maximum Gasteiger partial charge on any atom is 0.335 e. The molecule has 0 aliphatic carbocycles. The summed E-state index contributed by atoms with van der Waals surface area (Å²) in [6, 6.07) is 23.0. The molecule has 212 valence electrons. The Morgan fingerprint density at radius 1 is 0.786 bits per heavy atom. The minimum absolute atomic E-state index is 0.186. The molecule has 0 unspecified atom stereocenters. The summed E-state index contributed by atoms with van der Waals surface area (Å²) in [5.41, 5.74) is 2.04. The molecule has 1 heterocycles. The molecule has 5 rings (SSSR count). The molecule has 4 aromatic carbocycles. The lowest BCUT2D eigenvalue weighted by Gasteiger charge is -2.26. The maximum absolute atomic E-state index is 13.5. The van der Waals surface area contributed by atoms with Crippen LogP contribution in [0.2, 0.25) is 15.1 Å². The molecule has 0 bridgehead atoms. The number of anilines is 1. The minimum atomic E-state index is -0.874. The first kappa shape index (κ1) is 29.7. The van der Waals surface area contributed by atoms with Gasteiger partial charge < -0.3 is 9.47 Å². The van der Waals surface area contributed by atoms with E-state index in [9.17, 15) is 14.4 Å². The number of imide groups is 2. The van der Waals surface area contributed by atoms with E-state index >= 15 is 0 Å². The van der Waals surface area contributed by atoms with Gasteiger partial charge >= 0.3 is 6.03 Å². The Morgan fingerprint density at radius 2 is 1.48 bits per heavy atom. The van der Waals surface area contributed by atoms with Crippen molar-refractivity contribution in [3.63, 3.8) is 0 Å². The molecule has 1 fully saturated rings. The fraction of sp³-hybridized carbons (Fsp3) is 0.0645. The second-order valence-electron chi connectivity index (χ2n) is 9.07. The molecular formula is C31H20BrCl3N2O5. The molecule has 4 amide bonds. The number of benzene rings is 4. The Kier molecular flexibility index (Phi) is 9.18. The van der Waals surface area contributed by atoms with Crippen LogP contribution in [0, 0.1) is 0 Å². The molecule has 42 heavy (non-hydrogen) atoms. The van der Waals surface area contributed by atoms with Gasteiger partial charge in [-0.15, -0.1) is 0 Å². The van der Waals surface area contributed by atoms with Gasteiger partial charge in [-0.3, -0.25) is 14.9 Å². The van der Waals surface area contributed by atoms with Gasteiger partial charge in [0.05, 0.1) is 5.69 Å². The number of halogens is 4. The van der Waals surface area contributed by atoms with Crippen molar-refractivity contribution >= 4 is 80.3 Å². The van der Waals surface area contributed by atoms with E-state index in [0.29, 0.717) is 32.1 Å². The number of barbiturate groups is 1. The van der Waals surface area contributed by atoms with Crippen molar-refractivity contribution in [1.29, 1.82) is 0 Å². The number of amides is 4. The maximum atomic E-state index is 13.5. The third kappa shape index (κ3) is 6.97. The van der Waals surface area contributed by atoms with Crippen molar-refractivity contribution in [2.45, 2.75) is 13.2 Å². The highest BCUT2D eigenvalue weighted by Crippen LogP contribution is 2.30. The van der Waals surface area contributed by atoms with Crippen LogP contribution < -0.4 is 19.7 Å². The highest BCUT2D eigenvalue weighted by molar-refractivity contribution is 9.10. The van der Waals surface area contributed by atoms with Gasteiger partial charge in [-0.2, -0.15) is 0 Å². The van der Waals surface area contributed by atoms with Crippen LogP contribution in [0.25, 0.3) is 6.08 Å². The van der Waals surface area contributed by atoms with Gasteiger partial charge in [-0.05, 0) is 78.4 Å². The number of carbonyl (C=O) groups is 3. The molecule has 0 saturated carbocycles. The average Bonchev–Trinajstić information content (AvgIpc) is 2.96. The standard InChI is InChI=1S/C31H20BrCl3N2O5/c32-21-4-1-18(2-5-21)16-42-28-12-7-22(33)13-20(28)14-26-29(38)36-31(40)37(30(26)39)24-8-10-25(11-9-24)41-17-19-3-6-23(34)15-27(19)35/h1-15H,16-17H2,(H,36,38,40)/b26-14+. The van der Waals surface area contributed by atoms with Gasteiger partial charge in [0.2, 0.25) is 0 Å². The van der Waals surface area contributed by atoms with Gasteiger partial charge in [-0.25, -0.2) is 9.69 Å². The van der Waals surface area contributed by atoms with Crippen LogP contribution in [-0.4, -0.2) is 17.8 Å². The largest absolute Gasteiger partial charge is 0.489 e. The van der Waals surface area contributed by atoms with Gasteiger partial charge in [-0.1, -0.05) is 68.9 Å². The summed E-state index contributed by atoms with van der Waals surface area (Å²) in [4.78, 5) is 39.8. The molecule has 0 radical (unpaired) electrons. The van der Waals surface area contributed by atoms with Crippen LogP contribution >= 0.6 is 50.7 Å². The van der Waals surface area contributed by atoms with Gasteiger partial charge in [0.15, 0.2) is 0 Å². The van der Waals surface area contributed by atoms with Gasteiger partial charge in [0.25, 0.3) is 11.8 Å². The number of nitrogens with zero attached hydrogens (tertiary/aromatic N) is 1. The van der Waals surface area contributed by atoms with Crippen LogP contribution in [0.1, 0.15) is 16.7 Å². The minimum Gasteiger partial charge on any atom is -0.489 e. The third-order valence-electron chi connectivity index (χ3n) is 6.19. The number of nitrogens with one attached hydrogen (secondary N) is 1. The molecule has 0 aromatic heterocycles. The predicted molar refractivity (Wildman–Crippen MR) is 166 cm³/mol. The Hall–Kier alpha value is -3.82. The molecule has 0 spiro atoms. The van der Waals surface area contributed by atoms with Crippen molar-refractivity contribution in [1.82, 2.24) is 5.32 Å². The first-order valence-electron chi connectivity index (χ1n) is 12.4. The fourth-order valence-corrected chi connectivity index (χ4v) is 4.95. The summed E-state index contributed by atoms with van der Waals surface area (Å²) in [7, 11) is 0. The van der Waals surface area contributed by atoms with E-state index in [4.69, 9.17) is 44.3 Å². The van der Waals surface area contributed by atoms with E-state index in [0.717, 1.165) is 20.5 Å². The Bertz CT molecular complexity index is 1710. The summed E-state index contributed by atoms with van der Waals surface area (Å²) < 4.78 is 12.7. The summed E-state index contributed by atoms with van der Waals surface area (Å²) in [5.74, 6) is -0.752. The zero-order valence-electron chi connectivity index (χ0n) is 21.6. The van der Waals surface area contributed by atoms with E-state index in [1.165, 1.54) is 18.2 Å². The molecule has 1 aliphatic heterocycles. The van der Waals surface area contributed by atoms with Crippen molar-refractivity contribution in [2.24, 2.45) is 0 Å². The average molecular weight is 687 g/mol. The van der Waals surface area contributed by atoms with Crippen LogP contribution in [0.3, 0.4) is 0 Å². The highest BCUT2D eigenvalue weighted by atomic mass is 79.9. The molecular weight excluding hydrogens is 667 g/mol. The Labute approximate surface area is 264 Å². The number of hydrogen-bond donors (Lipinski definition) is 1. The monoisotopic (exact) mass is 684 g/mol. The molecule has 1 N–H and O–H groups in total. The number of carbonyl (C=O) groups excluding carboxylic acids is 3. The lowest BCUT2D eigenvalue weighted by molar-refractivity contribution is -0.122. The Morgan fingerprint density at radius 3 is 2.19 bits per heavy atom. The number of ether oxygens (including phenoxy) is 2. The van der Waals surface area contributed by atoms with Crippen molar-refractivity contribution in [2.75, 3.05) is 4.90 Å². The molecule has 0 atom stereocenters. The van der Waals surface area contributed by atoms with Crippen molar-refractivity contribution in [3.8, 4) is 11.5 Å². The third-order valence-corrected chi connectivity index (χ3v) is 7.54. The van der Waals surface area contributed by atoms with Crippen molar-refractivity contribution < 1.29 is 23.9 Å². The number of hydrogen-bond acceptors (Lipinski definition) is 5. The first-order chi connectivity index (χ1) is 20.2. The first-order valence-corrected chi connectivity index (χ1v) is 14.4. The second kappa shape index (κ2) is 13.0. The summed E-state index contributed by atoms with van der Waals surface area (Å²) >= 11 is 21.8. The number of urea groups is 1.